The molecule has 0 aliphatic heterocycles. The minimum atomic E-state index is -0.00901. The standard InChI is InChI=1S/C13H21N3/c1-5-16(9-10(2)3)12-6-7-13(11(4)14)15-8-12/h6-8,11H,2,5,9,14H2,1,3-4H3. The molecule has 0 amide bonds. The maximum absolute atomic E-state index is 5.76. The molecule has 1 aromatic rings. The van der Waals surface area contributed by atoms with E-state index in [-0.39, 0.29) is 6.04 Å². The maximum atomic E-state index is 5.76. The van der Waals surface area contributed by atoms with E-state index in [1.54, 1.807) is 0 Å². The van der Waals surface area contributed by atoms with E-state index in [1.165, 1.54) is 0 Å². The van der Waals surface area contributed by atoms with Gasteiger partial charge in [0.15, 0.2) is 0 Å². The Balaban J connectivity index is 2.82. The number of anilines is 1. The van der Waals surface area contributed by atoms with Gasteiger partial charge in [-0.3, -0.25) is 4.98 Å². The molecule has 1 unspecified atom stereocenters. The van der Waals surface area contributed by atoms with Crippen LogP contribution in [0.4, 0.5) is 5.69 Å². The second kappa shape index (κ2) is 5.66. The van der Waals surface area contributed by atoms with Gasteiger partial charge >= 0.3 is 0 Å². The summed E-state index contributed by atoms with van der Waals surface area (Å²) in [5.74, 6) is 0. The van der Waals surface area contributed by atoms with Crippen molar-refractivity contribution in [2.45, 2.75) is 26.8 Å². The average molecular weight is 219 g/mol. The molecular formula is C13H21N3. The minimum absolute atomic E-state index is 0.00901. The topological polar surface area (TPSA) is 42.1 Å². The fourth-order valence-electron chi connectivity index (χ4n) is 1.57. The van der Waals surface area contributed by atoms with Crippen LogP contribution in [0.3, 0.4) is 0 Å². The van der Waals surface area contributed by atoms with Crippen molar-refractivity contribution in [1.82, 2.24) is 4.98 Å². The van der Waals surface area contributed by atoms with E-state index in [0.717, 1.165) is 30.0 Å². The maximum Gasteiger partial charge on any atom is 0.0569 e. The molecule has 0 aliphatic carbocycles. The molecule has 0 spiro atoms. The molecular weight excluding hydrogens is 198 g/mol. The lowest BCUT2D eigenvalue weighted by Gasteiger charge is -2.23. The number of nitrogens with zero attached hydrogens (tertiary/aromatic N) is 2. The van der Waals surface area contributed by atoms with Crippen molar-refractivity contribution in [3.63, 3.8) is 0 Å². The fourth-order valence-corrected chi connectivity index (χ4v) is 1.57. The van der Waals surface area contributed by atoms with Crippen LogP contribution in [-0.4, -0.2) is 18.1 Å². The zero-order valence-electron chi connectivity index (χ0n) is 10.4. The first kappa shape index (κ1) is 12.7. The summed E-state index contributed by atoms with van der Waals surface area (Å²) in [6, 6.07) is 4.05. The second-order valence-corrected chi connectivity index (χ2v) is 4.20. The highest BCUT2D eigenvalue weighted by Gasteiger charge is 2.06. The quantitative estimate of drug-likeness (QED) is 0.774. The van der Waals surface area contributed by atoms with E-state index in [0.29, 0.717) is 0 Å². The Bertz CT molecular complexity index is 341. The average Bonchev–Trinajstić information content (AvgIpc) is 2.25. The van der Waals surface area contributed by atoms with Gasteiger partial charge in [-0.25, -0.2) is 0 Å². The molecule has 0 fully saturated rings. The minimum Gasteiger partial charge on any atom is -0.367 e. The van der Waals surface area contributed by atoms with E-state index < -0.39 is 0 Å². The van der Waals surface area contributed by atoms with Gasteiger partial charge in [0.25, 0.3) is 0 Å². The van der Waals surface area contributed by atoms with Gasteiger partial charge in [-0.1, -0.05) is 12.2 Å². The van der Waals surface area contributed by atoms with E-state index >= 15 is 0 Å². The molecule has 3 heteroatoms. The summed E-state index contributed by atoms with van der Waals surface area (Å²) in [7, 11) is 0. The Labute approximate surface area is 98.0 Å². The zero-order chi connectivity index (χ0) is 12.1. The molecule has 1 aromatic heterocycles. The number of likely N-dealkylation sites (N-methyl/N-ethyl adjacent to an activating group) is 1. The summed E-state index contributed by atoms with van der Waals surface area (Å²) in [6.07, 6.45) is 1.88. The number of hydrogen-bond acceptors (Lipinski definition) is 3. The molecule has 0 aromatic carbocycles. The molecule has 0 saturated carbocycles. The SMILES string of the molecule is C=C(C)CN(CC)c1ccc(C(C)N)nc1. The lowest BCUT2D eigenvalue weighted by molar-refractivity contribution is 0.777. The van der Waals surface area contributed by atoms with Gasteiger partial charge in [0, 0.05) is 19.1 Å². The normalized spacial score (nSPS) is 12.2. The van der Waals surface area contributed by atoms with Gasteiger partial charge in [-0.05, 0) is 32.9 Å². The Morgan fingerprint density at radius 2 is 2.25 bits per heavy atom. The van der Waals surface area contributed by atoms with Gasteiger partial charge < -0.3 is 10.6 Å². The molecule has 1 heterocycles. The van der Waals surface area contributed by atoms with Crippen LogP contribution in [-0.2, 0) is 0 Å². The fraction of sp³-hybridized carbons (Fsp3) is 0.462. The summed E-state index contributed by atoms with van der Waals surface area (Å²) in [6.45, 7) is 11.9. The molecule has 2 N–H and O–H groups in total. The van der Waals surface area contributed by atoms with E-state index in [4.69, 9.17) is 5.73 Å². The number of aromatic nitrogens is 1. The van der Waals surface area contributed by atoms with Gasteiger partial charge in [-0.15, -0.1) is 0 Å². The van der Waals surface area contributed by atoms with Crippen molar-refractivity contribution in [1.29, 1.82) is 0 Å². The Morgan fingerprint density at radius 3 is 2.62 bits per heavy atom. The first-order valence-electron chi connectivity index (χ1n) is 5.65. The van der Waals surface area contributed by atoms with E-state index in [1.807, 2.05) is 26.1 Å². The largest absolute Gasteiger partial charge is 0.367 e. The molecule has 0 radical (unpaired) electrons. The summed E-state index contributed by atoms with van der Waals surface area (Å²) in [5, 5.41) is 0. The van der Waals surface area contributed by atoms with Crippen molar-refractivity contribution >= 4 is 5.69 Å². The molecule has 1 rings (SSSR count). The molecule has 16 heavy (non-hydrogen) atoms. The van der Waals surface area contributed by atoms with Crippen LogP contribution in [0.2, 0.25) is 0 Å². The third-order valence-corrected chi connectivity index (χ3v) is 2.44. The Morgan fingerprint density at radius 1 is 1.56 bits per heavy atom. The van der Waals surface area contributed by atoms with Gasteiger partial charge in [0.2, 0.25) is 0 Å². The smallest absolute Gasteiger partial charge is 0.0569 e. The molecule has 0 saturated heterocycles. The van der Waals surface area contributed by atoms with Crippen LogP contribution in [0.1, 0.15) is 32.5 Å². The molecule has 88 valence electrons. The molecule has 0 aliphatic rings. The van der Waals surface area contributed by atoms with Crippen LogP contribution in [0, 0.1) is 0 Å². The number of pyridine rings is 1. The molecule has 0 bridgehead atoms. The third-order valence-electron chi connectivity index (χ3n) is 2.44. The number of nitrogens with two attached hydrogens (primary N) is 1. The van der Waals surface area contributed by atoms with E-state index in [2.05, 4.69) is 29.5 Å². The van der Waals surface area contributed by atoms with Crippen molar-refractivity contribution in [3.8, 4) is 0 Å². The highest BCUT2D eigenvalue weighted by Crippen LogP contribution is 2.16. The zero-order valence-corrected chi connectivity index (χ0v) is 10.4. The van der Waals surface area contributed by atoms with Crippen molar-refractivity contribution in [3.05, 3.63) is 36.2 Å². The van der Waals surface area contributed by atoms with Crippen LogP contribution in [0.5, 0.6) is 0 Å². The van der Waals surface area contributed by atoms with Crippen LogP contribution in [0.15, 0.2) is 30.5 Å². The van der Waals surface area contributed by atoms with Crippen molar-refractivity contribution in [2.75, 3.05) is 18.0 Å². The van der Waals surface area contributed by atoms with Crippen molar-refractivity contribution in [2.24, 2.45) is 5.73 Å². The predicted octanol–water partition coefficient (Wildman–Crippen LogP) is 2.50. The Kier molecular flexibility index (Phi) is 4.50. The Hall–Kier alpha value is -1.35. The lowest BCUT2D eigenvalue weighted by atomic mass is 10.2. The highest BCUT2D eigenvalue weighted by molar-refractivity contribution is 5.45. The predicted molar refractivity (Wildman–Crippen MR) is 69.5 cm³/mol. The van der Waals surface area contributed by atoms with Crippen LogP contribution < -0.4 is 10.6 Å². The van der Waals surface area contributed by atoms with Crippen LogP contribution >= 0.6 is 0 Å². The summed E-state index contributed by atoms with van der Waals surface area (Å²) >= 11 is 0. The first-order valence-corrected chi connectivity index (χ1v) is 5.65. The summed E-state index contributed by atoms with van der Waals surface area (Å²) in [5.41, 5.74) is 8.96. The number of hydrogen-bond donors (Lipinski definition) is 1. The van der Waals surface area contributed by atoms with Crippen molar-refractivity contribution < 1.29 is 0 Å². The summed E-state index contributed by atoms with van der Waals surface area (Å²) in [4.78, 5) is 6.59. The van der Waals surface area contributed by atoms with Gasteiger partial charge in [-0.2, -0.15) is 0 Å². The summed E-state index contributed by atoms with van der Waals surface area (Å²) < 4.78 is 0. The monoisotopic (exact) mass is 219 g/mol. The highest BCUT2D eigenvalue weighted by atomic mass is 15.1. The first-order chi connectivity index (χ1) is 7.54. The van der Waals surface area contributed by atoms with Crippen LogP contribution in [0.25, 0.3) is 0 Å². The third kappa shape index (κ3) is 3.35. The van der Waals surface area contributed by atoms with Gasteiger partial charge in [0.05, 0.1) is 17.6 Å². The molecule has 3 nitrogen and oxygen atoms in total. The number of rotatable bonds is 5. The second-order valence-electron chi connectivity index (χ2n) is 4.20. The molecule has 1 atom stereocenters. The van der Waals surface area contributed by atoms with Gasteiger partial charge in [0.1, 0.15) is 0 Å². The lowest BCUT2D eigenvalue weighted by Crippen LogP contribution is -2.24. The van der Waals surface area contributed by atoms with E-state index in [9.17, 15) is 0 Å².